The number of hydrogen-bond acceptors (Lipinski definition) is 7. The van der Waals surface area contributed by atoms with E-state index in [0.29, 0.717) is 10.8 Å². The third kappa shape index (κ3) is 7.88. The van der Waals surface area contributed by atoms with Gasteiger partial charge in [-0.05, 0) is 64.2 Å². The van der Waals surface area contributed by atoms with Crippen LogP contribution in [0, 0.1) is 10.2 Å². The second-order valence-electron chi connectivity index (χ2n) is 9.17. The average molecular weight is 521 g/mol. The minimum Gasteiger partial charge on any atom is -0.222 e. The molecule has 0 saturated heterocycles. The van der Waals surface area contributed by atoms with Gasteiger partial charge in [-0.15, -0.1) is 10.2 Å². The maximum Gasteiger partial charge on any atom is 0.308 e. The molecule has 0 atom stereocenters. The molecule has 0 bridgehead atoms. The monoisotopic (exact) mass is 520 g/mol. The van der Waals surface area contributed by atoms with E-state index in [-0.39, 0.29) is 11.8 Å². The Kier molecular flexibility index (Phi) is 9.31. The fraction of sp³-hybridized carbons (Fsp3) is 0.591. The van der Waals surface area contributed by atoms with Crippen molar-refractivity contribution in [1.29, 1.82) is 0 Å². The molecule has 3 rings (SSSR count). The summed E-state index contributed by atoms with van der Waals surface area (Å²) in [5.74, 6) is 0.617. The molecule has 0 radical (unpaired) electrons. The Morgan fingerprint density at radius 1 is 0.909 bits per heavy atom. The summed E-state index contributed by atoms with van der Waals surface area (Å²) in [7, 11) is -8.63. The van der Waals surface area contributed by atoms with Crippen molar-refractivity contribution in [1.82, 2.24) is 0 Å². The number of halogens is 1. The Morgan fingerprint density at radius 3 is 1.82 bits per heavy atom. The van der Waals surface area contributed by atoms with E-state index in [2.05, 4.69) is 58.5 Å². The number of rotatable bonds is 6. The minimum atomic E-state index is -4.94. The number of benzene rings is 1. The highest BCUT2D eigenvalue weighted by Crippen LogP contribution is 2.35. The van der Waals surface area contributed by atoms with Gasteiger partial charge in [0, 0.05) is 5.56 Å². The fourth-order valence-electron chi connectivity index (χ4n) is 3.84. The van der Waals surface area contributed by atoms with Crippen LogP contribution < -0.4 is 27.5 Å². The largest absolute Gasteiger partial charge is 0.308 e. The average Bonchev–Trinajstić information content (AvgIpc) is 3.06. The highest BCUT2D eigenvalue weighted by atomic mass is 35.7. The van der Waals surface area contributed by atoms with Crippen LogP contribution in [0.1, 0.15) is 99.3 Å². The highest BCUT2D eigenvalue weighted by molar-refractivity contribution is 7.92. The van der Waals surface area contributed by atoms with Crippen LogP contribution in [0.5, 0.6) is 0 Å². The predicted octanol–water partition coefficient (Wildman–Crippen LogP) is 0.461. The lowest BCUT2D eigenvalue weighted by atomic mass is 9.89. The van der Waals surface area contributed by atoms with Crippen LogP contribution in [0.15, 0.2) is 23.2 Å². The Labute approximate surface area is 202 Å². The molecule has 11 heteroatoms. The molecule has 1 aliphatic carbocycles. The molecule has 1 aromatic carbocycles. The molecule has 186 valence electrons. The SMILES string of the molecule is CC(C)c1cc(C(C)C)c(S(=O)(=O)N[n+]2cc3c(s2)CCCC3)c(C(C)C)c1.[O-][Cl+3]([O-])([O-])[O-]. The molecule has 0 fully saturated rings. The molecule has 33 heavy (non-hydrogen) atoms. The van der Waals surface area contributed by atoms with E-state index in [4.69, 9.17) is 18.6 Å². The molecular weight excluding hydrogens is 488 g/mol. The predicted molar refractivity (Wildman–Crippen MR) is 116 cm³/mol. The quantitative estimate of drug-likeness (QED) is 0.548. The standard InChI is InChI=1S/C22H33N2O2S2.ClHO4/c1-14(2)18-11-19(15(3)4)22(20(12-18)16(5)6)28(25,26)23-24-13-17-9-7-8-10-21(17)27-24;2-1(3,4)5/h11-16,23H,7-10H2,1-6H3;(H,2,3,4,5)/q+1;/p-1. The van der Waals surface area contributed by atoms with Crippen LogP contribution in [0.3, 0.4) is 0 Å². The maximum absolute atomic E-state index is 13.5. The molecule has 1 N–H and O–H groups in total. The second kappa shape index (κ2) is 11.0. The van der Waals surface area contributed by atoms with E-state index < -0.39 is 20.3 Å². The molecule has 0 spiro atoms. The molecule has 0 saturated carbocycles. The topological polar surface area (TPSA) is 142 Å². The van der Waals surface area contributed by atoms with Gasteiger partial charge in [0.05, 0.1) is 9.77 Å². The smallest absolute Gasteiger partial charge is 0.222 e. The molecule has 1 aliphatic rings. The van der Waals surface area contributed by atoms with Crippen LogP contribution in [0.25, 0.3) is 0 Å². The Morgan fingerprint density at radius 2 is 1.39 bits per heavy atom. The number of nitrogens with zero attached hydrogens (tertiary/aromatic N) is 1. The van der Waals surface area contributed by atoms with Gasteiger partial charge in [0.1, 0.15) is 0 Å². The van der Waals surface area contributed by atoms with E-state index in [9.17, 15) is 8.42 Å². The van der Waals surface area contributed by atoms with Crippen molar-refractivity contribution in [3.63, 3.8) is 0 Å². The van der Waals surface area contributed by atoms with Crippen LogP contribution >= 0.6 is 11.5 Å². The lowest BCUT2D eigenvalue weighted by molar-refractivity contribution is -2.00. The summed E-state index contributed by atoms with van der Waals surface area (Å²) in [6, 6.07) is 4.17. The summed E-state index contributed by atoms with van der Waals surface area (Å²) in [6.07, 6.45) is 6.42. The molecule has 2 aromatic rings. The van der Waals surface area contributed by atoms with Crippen molar-refractivity contribution in [2.45, 2.75) is 89.9 Å². The van der Waals surface area contributed by atoms with Gasteiger partial charge in [0.2, 0.25) is 6.20 Å². The van der Waals surface area contributed by atoms with E-state index in [1.165, 1.54) is 40.4 Å². The van der Waals surface area contributed by atoms with Crippen molar-refractivity contribution in [2.24, 2.45) is 0 Å². The summed E-state index contributed by atoms with van der Waals surface area (Å²) in [5.41, 5.74) is 4.29. The van der Waals surface area contributed by atoms with Crippen molar-refractivity contribution in [3.8, 4) is 0 Å². The molecule has 0 aliphatic heterocycles. The first-order chi connectivity index (χ1) is 15.1. The number of aryl methyl sites for hydroxylation is 2. The van der Waals surface area contributed by atoms with E-state index >= 15 is 0 Å². The van der Waals surface area contributed by atoms with E-state index in [1.54, 1.807) is 4.07 Å². The first-order valence-electron chi connectivity index (χ1n) is 11.0. The van der Waals surface area contributed by atoms with Crippen LogP contribution in [-0.4, -0.2) is 8.42 Å². The summed E-state index contributed by atoms with van der Waals surface area (Å²) in [5, 5.41) is 0. The summed E-state index contributed by atoms with van der Waals surface area (Å²) >= 11 is 1.52. The number of sulfonamides is 1. The number of hydrogen-bond donors (Lipinski definition) is 1. The Bertz CT molecular complexity index is 1000. The second-order valence-corrected chi connectivity index (χ2v) is 12.6. The zero-order valence-corrected chi connectivity index (χ0v) is 22.3. The molecule has 0 amide bonds. The lowest BCUT2D eigenvalue weighted by Crippen LogP contribution is -2.68. The van der Waals surface area contributed by atoms with Gasteiger partial charge in [-0.2, -0.15) is 8.42 Å². The van der Waals surface area contributed by atoms with Crippen molar-refractivity contribution < 1.29 is 41.4 Å². The van der Waals surface area contributed by atoms with Gasteiger partial charge in [-0.25, -0.2) is 18.6 Å². The highest BCUT2D eigenvalue weighted by Gasteiger charge is 2.31. The summed E-state index contributed by atoms with van der Waals surface area (Å²) < 4.78 is 62.7. The van der Waals surface area contributed by atoms with Crippen LogP contribution in [0.4, 0.5) is 0 Å². The first kappa shape index (κ1) is 28.0. The zero-order chi connectivity index (χ0) is 25.1. The lowest BCUT2D eigenvalue weighted by Gasteiger charge is -2.21. The molecule has 1 aromatic heterocycles. The van der Waals surface area contributed by atoms with Gasteiger partial charge in [0.25, 0.3) is 0 Å². The first-order valence-corrected chi connectivity index (χ1v) is 14.4. The third-order valence-electron chi connectivity index (χ3n) is 5.50. The minimum absolute atomic E-state index is 0.129. The van der Waals surface area contributed by atoms with Gasteiger partial charge in [0.15, 0.2) is 11.5 Å². The maximum atomic E-state index is 13.5. The molecular formula is C22H33ClN2O6S2. The van der Waals surface area contributed by atoms with E-state index in [0.717, 1.165) is 24.0 Å². The number of fused-ring (bicyclic) bond motifs is 1. The van der Waals surface area contributed by atoms with Gasteiger partial charge < -0.3 is 0 Å². The van der Waals surface area contributed by atoms with Gasteiger partial charge in [-0.1, -0.05) is 58.5 Å². The molecule has 1 heterocycles. The molecule has 8 nitrogen and oxygen atoms in total. The van der Waals surface area contributed by atoms with Crippen LogP contribution in [0.2, 0.25) is 0 Å². The summed E-state index contributed by atoms with van der Waals surface area (Å²) in [4.78, 5) is 4.60. The van der Waals surface area contributed by atoms with Crippen molar-refractivity contribution in [2.75, 3.05) is 4.83 Å². The zero-order valence-electron chi connectivity index (χ0n) is 19.9. The van der Waals surface area contributed by atoms with Crippen molar-refractivity contribution >= 4 is 21.6 Å². The normalized spacial score (nSPS) is 14.3. The fourth-order valence-corrected chi connectivity index (χ4v) is 6.80. The Balaban J connectivity index is 0.000000696. The van der Waals surface area contributed by atoms with Gasteiger partial charge >= 0.3 is 10.0 Å². The van der Waals surface area contributed by atoms with E-state index in [1.807, 2.05) is 6.20 Å². The number of nitrogens with one attached hydrogen (secondary N) is 1. The summed E-state index contributed by atoms with van der Waals surface area (Å²) in [6.45, 7) is 12.6. The van der Waals surface area contributed by atoms with Crippen LogP contribution in [-0.2, 0) is 22.9 Å². The molecule has 0 unspecified atom stereocenters. The number of aromatic nitrogens is 1. The third-order valence-corrected chi connectivity index (χ3v) is 8.14. The Hall–Kier alpha value is -1.27. The van der Waals surface area contributed by atoms with Crippen molar-refractivity contribution in [3.05, 3.63) is 45.5 Å². The van der Waals surface area contributed by atoms with Gasteiger partial charge in [-0.3, -0.25) is 0 Å².